The molecular formula is C18H16ClN2O5S-. The number of carbonyl (C=O) groups excluding carboxylic acids is 2. The number of benzene rings is 2. The number of amides is 1. The third kappa shape index (κ3) is 4.87. The van der Waals surface area contributed by atoms with Gasteiger partial charge >= 0.3 is 0 Å². The molecule has 1 amide bonds. The SMILES string of the molecule is C=CCN(c1ccccc1C(=O)NCC(=O)[O-])S(=O)(=O)c1ccc(Cl)cc1. The predicted octanol–water partition coefficient (Wildman–Crippen LogP) is 1.20. The molecular weight excluding hydrogens is 392 g/mol. The summed E-state index contributed by atoms with van der Waals surface area (Å²) < 4.78 is 27.2. The molecule has 1 N–H and O–H groups in total. The molecule has 2 aromatic carbocycles. The zero-order valence-electron chi connectivity index (χ0n) is 14.1. The van der Waals surface area contributed by atoms with Crippen molar-refractivity contribution in [1.29, 1.82) is 0 Å². The molecule has 0 aliphatic heterocycles. The van der Waals surface area contributed by atoms with E-state index in [9.17, 15) is 23.1 Å². The molecule has 0 aromatic heterocycles. The number of nitrogens with zero attached hydrogens (tertiary/aromatic N) is 1. The third-order valence-corrected chi connectivity index (χ3v) is 5.55. The molecule has 7 nitrogen and oxygen atoms in total. The molecule has 0 fully saturated rings. The number of sulfonamides is 1. The lowest BCUT2D eigenvalue weighted by Gasteiger charge is -2.25. The quantitative estimate of drug-likeness (QED) is 0.662. The van der Waals surface area contributed by atoms with Gasteiger partial charge in [0.2, 0.25) is 0 Å². The van der Waals surface area contributed by atoms with Crippen LogP contribution in [0.3, 0.4) is 0 Å². The Balaban J connectivity index is 2.51. The van der Waals surface area contributed by atoms with Gasteiger partial charge < -0.3 is 15.2 Å². The number of nitrogens with one attached hydrogen (secondary N) is 1. The molecule has 0 spiro atoms. The highest BCUT2D eigenvalue weighted by molar-refractivity contribution is 7.92. The van der Waals surface area contributed by atoms with Gasteiger partial charge in [0.25, 0.3) is 15.9 Å². The Kier molecular flexibility index (Phi) is 6.59. The molecule has 0 heterocycles. The molecule has 0 bridgehead atoms. The van der Waals surface area contributed by atoms with E-state index in [1.165, 1.54) is 42.5 Å². The van der Waals surface area contributed by atoms with E-state index in [2.05, 4.69) is 11.9 Å². The number of rotatable bonds is 8. The van der Waals surface area contributed by atoms with Crippen LogP contribution in [-0.2, 0) is 14.8 Å². The summed E-state index contributed by atoms with van der Waals surface area (Å²) in [4.78, 5) is 22.9. The number of anilines is 1. The van der Waals surface area contributed by atoms with Crippen molar-refractivity contribution in [3.05, 3.63) is 71.8 Å². The molecule has 0 unspecified atom stereocenters. The molecule has 9 heteroatoms. The van der Waals surface area contributed by atoms with Crippen LogP contribution in [0.15, 0.2) is 66.1 Å². The molecule has 0 saturated heterocycles. The third-order valence-electron chi connectivity index (χ3n) is 3.51. The van der Waals surface area contributed by atoms with Crippen LogP contribution in [0, 0.1) is 0 Å². The molecule has 142 valence electrons. The Morgan fingerprint density at radius 3 is 2.37 bits per heavy atom. The number of carbonyl (C=O) groups is 2. The van der Waals surface area contributed by atoms with Crippen LogP contribution in [-0.4, -0.2) is 33.4 Å². The second-order valence-corrected chi connectivity index (χ2v) is 7.65. The first kappa shape index (κ1) is 20.5. The van der Waals surface area contributed by atoms with Crippen LogP contribution in [0.5, 0.6) is 0 Å². The lowest BCUT2D eigenvalue weighted by Crippen LogP contribution is -2.39. The summed E-state index contributed by atoms with van der Waals surface area (Å²) in [5, 5.41) is 13.1. The topological polar surface area (TPSA) is 107 Å². The van der Waals surface area contributed by atoms with E-state index in [0.717, 1.165) is 4.31 Å². The second kappa shape index (κ2) is 8.70. The number of para-hydroxylation sites is 1. The lowest BCUT2D eigenvalue weighted by molar-refractivity contribution is -0.303. The first-order chi connectivity index (χ1) is 12.8. The normalized spacial score (nSPS) is 10.9. The average molecular weight is 408 g/mol. The first-order valence-corrected chi connectivity index (χ1v) is 9.55. The maximum Gasteiger partial charge on any atom is 0.264 e. The van der Waals surface area contributed by atoms with Gasteiger partial charge in [-0.25, -0.2) is 8.42 Å². The van der Waals surface area contributed by atoms with Crippen LogP contribution < -0.4 is 14.7 Å². The Hall–Kier alpha value is -2.84. The van der Waals surface area contributed by atoms with Gasteiger partial charge in [-0.3, -0.25) is 9.10 Å². The molecule has 0 aliphatic carbocycles. The van der Waals surface area contributed by atoms with Crippen LogP contribution in [0.2, 0.25) is 5.02 Å². The molecule has 0 radical (unpaired) electrons. The Morgan fingerprint density at radius 1 is 1.15 bits per heavy atom. The zero-order chi connectivity index (χ0) is 20.0. The van der Waals surface area contributed by atoms with E-state index >= 15 is 0 Å². The van der Waals surface area contributed by atoms with Gasteiger partial charge in [-0.05, 0) is 36.4 Å². The Morgan fingerprint density at radius 2 is 1.78 bits per heavy atom. The van der Waals surface area contributed by atoms with Gasteiger partial charge in [-0.15, -0.1) is 6.58 Å². The fraction of sp³-hybridized carbons (Fsp3) is 0.111. The molecule has 0 saturated carbocycles. The van der Waals surface area contributed by atoms with Gasteiger partial charge in [0, 0.05) is 5.02 Å². The van der Waals surface area contributed by atoms with Crippen LogP contribution in [0.4, 0.5) is 5.69 Å². The van der Waals surface area contributed by atoms with Crippen LogP contribution in [0.25, 0.3) is 0 Å². The summed E-state index contributed by atoms with van der Waals surface area (Å²) >= 11 is 5.82. The highest BCUT2D eigenvalue weighted by Gasteiger charge is 2.27. The van der Waals surface area contributed by atoms with Crippen molar-refractivity contribution >= 4 is 39.2 Å². The minimum atomic E-state index is -4.03. The number of hydrogen-bond acceptors (Lipinski definition) is 5. The molecule has 0 aliphatic rings. The summed E-state index contributed by atoms with van der Waals surface area (Å²) in [7, 11) is -4.03. The van der Waals surface area contributed by atoms with E-state index in [0.29, 0.717) is 5.02 Å². The zero-order valence-corrected chi connectivity index (χ0v) is 15.7. The van der Waals surface area contributed by atoms with Gasteiger partial charge in [0.15, 0.2) is 0 Å². The number of halogens is 1. The average Bonchev–Trinajstić information content (AvgIpc) is 2.64. The fourth-order valence-corrected chi connectivity index (χ4v) is 3.89. The summed E-state index contributed by atoms with van der Waals surface area (Å²) in [6.45, 7) is 2.77. The van der Waals surface area contributed by atoms with Gasteiger partial charge in [-0.2, -0.15) is 0 Å². The standard InChI is InChI=1S/C18H17ClN2O5S/c1-2-11-21(27(25,26)14-9-7-13(19)8-10-14)16-6-4-3-5-15(16)18(24)20-12-17(22)23/h2-10H,1,11-12H2,(H,20,24)(H,22,23)/p-1. The highest BCUT2D eigenvalue weighted by atomic mass is 35.5. The maximum atomic E-state index is 13.1. The van der Waals surface area contributed by atoms with Gasteiger partial charge in [0.1, 0.15) is 0 Å². The number of carboxylic acid groups (broad SMARTS) is 1. The van der Waals surface area contributed by atoms with E-state index in [-0.39, 0.29) is 22.7 Å². The number of hydrogen-bond donors (Lipinski definition) is 1. The van der Waals surface area contributed by atoms with Crippen LogP contribution in [0.1, 0.15) is 10.4 Å². The highest BCUT2D eigenvalue weighted by Crippen LogP contribution is 2.27. The molecule has 27 heavy (non-hydrogen) atoms. The summed E-state index contributed by atoms with van der Waals surface area (Å²) in [6.07, 6.45) is 1.38. The van der Waals surface area contributed by atoms with E-state index in [1.807, 2.05) is 0 Å². The van der Waals surface area contributed by atoms with Gasteiger partial charge in [-0.1, -0.05) is 29.8 Å². The molecule has 0 atom stereocenters. The fourth-order valence-electron chi connectivity index (χ4n) is 2.31. The number of aliphatic carboxylic acids is 1. The number of carboxylic acids is 1. The van der Waals surface area contributed by atoms with Crippen LogP contribution >= 0.6 is 11.6 Å². The lowest BCUT2D eigenvalue weighted by atomic mass is 10.1. The van der Waals surface area contributed by atoms with Crippen molar-refractivity contribution in [1.82, 2.24) is 5.32 Å². The minimum absolute atomic E-state index is 0.00172. The van der Waals surface area contributed by atoms with Crippen molar-refractivity contribution in [2.24, 2.45) is 0 Å². The minimum Gasteiger partial charge on any atom is -0.548 e. The first-order valence-electron chi connectivity index (χ1n) is 7.73. The summed E-state index contributed by atoms with van der Waals surface area (Å²) in [5.74, 6) is -2.20. The van der Waals surface area contributed by atoms with E-state index in [1.54, 1.807) is 12.1 Å². The Bertz CT molecular complexity index is 958. The van der Waals surface area contributed by atoms with E-state index in [4.69, 9.17) is 11.6 Å². The monoisotopic (exact) mass is 407 g/mol. The second-order valence-electron chi connectivity index (χ2n) is 5.35. The van der Waals surface area contributed by atoms with Crippen molar-refractivity contribution in [3.63, 3.8) is 0 Å². The van der Waals surface area contributed by atoms with Crippen molar-refractivity contribution in [2.45, 2.75) is 4.90 Å². The molecule has 2 aromatic rings. The summed E-state index contributed by atoms with van der Waals surface area (Å²) in [5.41, 5.74) is 0.0846. The smallest absolute Gasteiger partial charge is 0.264 e. The Labute approximate surface area is 161 Å². The van der Waals surface area contributed by atoms with Crippen molar-refractivity contribution in [3.8, 4) is 0 Å². The summed E-state index contributed by atoms with van der Waals surface area (Å²) in [6, 6.07) is 11.5. The van der Waals surface area contributed by atoms with Crippen molar-refractivity contribution < 1.29 is 23.1 Å². The largest absolute Gasteiger partial charge is 0.548 e. The molecule has 2 rings (SSSR count). The van der Waals surface area contributed by atoms with E-state index < -0.39 is 28.4 Å². The van der Waals surface area contributed by atoms with Gasteiger partial charge in [0.05, 0.1) is 35.2 Å². The maximum absolute atomic E-state index is 13.1. The van der Waals surface area contributed by atoms with Crippen molar-refractivity contribution in [2.75, 3.05) is 17.4 Å². The predicted molar refractivity (Wildman–Crippen MR) is 100.0 cm³/mol.